The summed E-state index contributed by atoms with van der Waals surface area (Å²) in [6.45, 7) is 0.826. The lowest BCUT2D eigenvalue weighted by molar-refractivity contribution is 0.474. The average Bonchev–Trinajstić information content (AvgIpc) is 2.98. The summed E-state index contributed by atoms with van der Waals surface area (Å²) in [5.74, 6) is 0.998. The van der Waals surface area contributed by atoms with Crippen LogP contribution in [0.4, 0.5) is 0 Å². The normalized spacial score (nSPS) is 18.1. The Morgan fingerprint density at radius 2 is 1.93 bits per heavy atom. The van der Waals surface area contributed by atoms with Crippen molar-refractivity contribution in [2.24, 2.45) is 0 Å². The minimum Gasteiger partial charge on any atom is -0.508 e. The number of alkyl halides is 1. The van der Waals surface area contributed by atoms with Crippen LogP contribution in [0.25, 0.3) is 0 Å². The van der Waals surface area contributed by atoms with Gasteiger partial charge in [0, 0.05) is 18.0 Å². The third-order valence-corrected chi connectivity index (χ3v) is 3.22. The largest absolute Gasteiger partial charge is 0.508 e. The second-order valence-electron chi connectivity index (χ2n) is 3.93. The summed E-state index contributed by atoms with van der Waals surface area (Å²) in [5.41, 5.74) is 1.37. The summed E-state index contributed by atoms with van der Waals surface area (Å²) < 4.78 is 0. The summed E-state index contributed by atoms with van der Waals surface area (Å²) in [6, 6.07) is 7.26. The maximum atomic E-state index is 9.10. The fourth-order valence-corrected chi connectivity index (χ4v) is 1.77. The molecule has 0 aliphatic heterocycles. The highest BCUT2D eigenvalue weighted by Gasteiger charge is 2.40. The standard InChI is InChI=1S/C11H14ClNO/c12-8-11(5-6-11)13-7-9-1-3-10(14)4-2-9/h1-4,13-14H,5-8H2. The molecule has 1 aliphatic rings. The molecule has 0 radical (unpaired) electrons. The van der Waals surface area contributed by atoms with Gasteiger partial charge in [-0.25, -0.2) is 0 Å². The maximum Gasteiger partial charge on any atom is 0.115 e. The zero-order chi connectivity index (χ0) is 10.0. The number of benzene rings is 1. The number of nitrogens with one attached hydrogen (secondary N) is 1. The van der Waals surface area contributed by atoms with Crippen LogP contribution in [-0.2, 0) is 6.54 Å². The lowest BCUT2D eigenvalue weighted by atomic mass is 10.2. The first-order chi connectivity index (χ1) is 6.74. The Hall–Kier alpha value is -0.730. The van der Waals surface area contributed by atoms with Gasteiger partial charge in [0.15, 0.2) is 0 Å². The number of aromatic hydroxyl groups is 1. The molecule has 0 bridgehead atoms. The van der Waals surface area contributed by atoms with Crippen molar-refractivity contribution in [2.75, 3.05) is 5.88 Å². The van der Waals surface area contributed by atoms with Crippen LogP contribution in [0.5, 0.6) is 5.75 Å². The zero-order valence-electron chi connectivity index (χ0n) is 7.96. The van der Waals surface area contributed by atoms with Crippen molar-refractivity contribution in [1.82, 2.24) is 5.32 Å². The summed E-state index contributed by atoms with van der Waals surface area (Å²) in [7, 11) is 0. The van der Waals surface area contributed by atoms with E-state index in [0.717, 1.165) is 6.54 Å². The van der Waals surface area contributed by atoms with E-state index < -0.39 is 0 Å². The van der Waals surface area contributed by atoms with Gasteiger partial charge in [-0.2, -0.15) is 0 Å². The lowest BCUT2D eigenvalue weighted by Crippen LogP contribution is -2.32. The minimum absolute atomic E-state index is 0.194. The molecule has 0 atom stereocenters. The molecule has 1 aromatic rings. The fraction of sp³-hybridized carbons (Fsp3) is 0.455. The number of hydrogen-bond donors (Lipinski definition) is 2. The molecular formula is C11H14ClNO. The summed E-state index contributed by atoms with van der Waals surface area (Å²) in [6.07, 6.45) is 2.35. The summed E-state index contributed by atoms with van der Waals surface area (Å²) in [4.78, 5) is 0. The highest BCUT2D eigenvalue weighted by atomic mass is 35.5. The van der Waals surface area contributed by atoms with Crippen LogP contribution < -0.4 is 5.32 Å². The Balaban J connectivity index is 1.89. The molecule has 2 N–H and O–H groups in total. The van der Waals surface area contributed by atoms with E-state index in [0.29, 0.717) is 11.6 Å². The van der Waals surface area contributed by atoms with E-state index in [4.69, 9.17) is 16.7 Å². The number of hydrogen-bond acceptors (Lipinski definition) is 2. The van der Waals surface area contributed by atoms with Gasteiger partial charge in [-0.15, -0.1) is 11.6 Å². The van der Waals surface area contributed by atoms with Gasteiger partial charge in [-0.1, -0.05) is 12.1 Å². The van der Waals surface area contributed by atoms with Crippen LogP contribution >= 0.6 is 11.6 Å². The predicted octanol–water partition coefficient (Wildman–Crippen LogP) is 2.25. The van der Waals surface area contributed by atoms with E-state index in [1.807, 2.05) is 12.1 Å². The molecule has 0 saturated heterocycles. The van der Waals surface area contributed by atoms with E-state index >= 15 is 0 Å². The van der Waals surface area contributed by atoms with Crippen molar-refractivity contribution in [3.63, 3.8) is 0 Å². The zero-order valence-corrected chi connectivity index (χ0v) is 8.72. The van der Waals surface area contributed by atoms with E-state index in [-0.39, 0.29) is 5.54 Å². The van der Waals surface area contributed by atoms with Gasteiger partial charge in [0.1, 0.15) is 5.75 Å². The third-order valence-electron chi connectivity index (χ3n) is 2.71. The molecule has 0 aromatic heterocycles. The fourth-order valence-electron chi connectivity index (χ4n) is 1.41. The molecule has 1 fully saturated rings. The second-order valence-corrected chi connectivity index (χ2v) is 4.20. The Kier molecular flexibility index (Phi) is 2.66. The van der Waals surface area contributed by atoms with Crippen LogP contribution in [0.2, 0.25) is 0 Å². The molecule has 2 nitrogen and oxygen atoms in total. The first kappa shape index (κ1) is 9.81. The first-order valence-corrected chi connectivity index (χ1v) is 5.36. The highest BCUT2D eigenvalue weighted by molar-refractivity contribution is 6.18. The van der Waals surface area contributed by atoms with E-state index in [2.05, 4.69) is 5.32 Å². The quantitative estimate of drug-likeness (QED) is 0.749. The molecule has 0 heterocycles. The molecular weight excluding hydrogens is 198 g/mol. The minimum atomic E-state index is 0.194. The number of rotatable bonds is 4. The van der Waals surface area contributed by atoms with Crippen molar-refractivity contribution < 1.29 is 5.11 Å². The number of phenolic OH excluding ortho intramolecular Hbond substituents is 1. The van der Waals surface area contributed by atoms with Gasteiger partial charge in [0.05, 0.1) is 0 Å². The molecule has 2 rings (SSSR count). The Bertz CT molecular complexity index is 306. The summed E-state index contributed by atoms with van der Waals surface area (Å²) in [5, 5.41) is 12.5. The monoisotopic (exact) mass is 211 g/mol. The van der Waals surface area contributed by atoms with Crippen molar-refractivity contribution in [2.45, 2.75) is 24.9 Å². The maximum absolute atomic E-state index is 9.10. The third kappa shape index (κ3) is 2.20. The molecule has 0 unspecified atom stereocenters. The number of halogens is 1. The second kappa shape index (κ2) is 3.79. The average molecular weight is 212 g/mol. The van der Waals surface area contributed by atoms with Gasteiger partial charge >= 0.3 is 0 Å². The van der Waals surface area contributed by atoms with E-state index in [1.165, 1.54) is 18.4 Å². The smallest absolute Gasteiger partial charge is 0.115 e. The van der Waals surface area contributed by atoms with Gasteiger partial charge in [0.25, 0.3) is 0 Å². The van der Waals surface area contributed by atoms with Crippen molar-refractivity contribution in [3.8, 4) is 5.75 Å². The van der Waals surface area contributed by atoms with Gasteiger partial charge in [-0.3, -0.25) is 0 Å². The number of phenols is 1. The molecule has 14 heavy (non-hydrogen) atoms. The first-order valence-electron chi connectivity index (χ1n) is 4.83. The van der Waals surface area contributed by atoms with Crippen molar-refractivity contribution >= 4 is 11.6 Å². The summed E-state index contributed by atoms with van der Waals surface area (Å²) >= 11 is 5.84. The van der Waals surface area contributed by atoms with Crippen LogP contribution in [0.1, 0.15) is 18.4 Å². The highest BCUT2D eigenvalue weighted by Crippen LogP contribution is 2.36. The SMILES string of the molecule is Oc1ccc(CNC2(CCl)CC2)cc1. The molecule has 0 spiro atoms. The lowest BCUT2D eigenvalue weighted by Gasteiger charge is -2.13. The van der Waals surface area contributed by atoms with Crippen LogP contribution in [-0.4, -0.2) is 16.5 Å². The van der Waals surface area contributed by atoms with Crippen LogP contribution in [0, 0.1) is 0 Å². The van der Waals surface area contributed by atoms with Gasteiger partial charge in [0.2, 0.25) is 0 Å². The predicted molar refractivity (Wildman–Crippen MR) is 57.6 cm³/mol. The molecule has 76 valence electrons. The van der Waals surface area contributed by atoms with E-state index in [9.17, 15) is 0 Å². The van der Waals surface area contributed by atoms with Crippen molar-refractivity contribution in [3.05, 3.63) is 29.8 Å². The van der Waals surface area contributed by atoms with Crippen molar-refractivity contribution in [1.29, 1.82) is 0 Å². The Morgan fingerprint density at radius 3 is 2.43 bits per heavy atom. The van der Waals surface area contributed by atoms with Crippen LogP contribution in [0.15, 0.2) is 24.3 Å². The van der Waals surface area contributed by atoms with Gasteiger partial charge < -0.3 is 10.4 Å². The molecule has 3 heteroatoms. The van der Waals surface area contributed by atoms with E-state index in [1.54, 1.807) is 12.1 Å². The molecule has 1 aromatic carbocycles. The van der Waals surface area contributed by atoms with Crippen LogP contribution in [0.3, 0.4) is 0 Å². The molecule has 1 saturated carbocycles. The Morgan fingerprint density at radius 1 is 1.29 bits per heavy atom. The topological polar surface area (TPSA) is 32.3 Å². The molecule has 0 amide bonds. The molecule has 1 aliphatic carbocycles. The van der Waals surface area contributed by atoms with Gasteiger partial charge in [-0.05, 0) is 30.5 Å². The Labute approximate surface area is 88.9 Å².